The molecule has 0 fully saturated rings. The number of ether oxygens (including phenoxy) is 3. The number of hydrogen-bond donors (Lipinski definition) is 0. The third-order valence-corrected chi connectivity index (χ3v) is 3.12. The lowest BCUT2D eigenvalue weighted by Gasteiger charge is -2.13. The van der Waals surface area contributed by atoms with Crippen LogP contribution in [-0.4, -0.2) is 33.1 Å². The third kappa shape index (κ3) is 11.0. The largest absolute Gasteiger partial charge is 0.463 e. The van der Waals surface area contributed by atoms with Gasteiger partial charge in [-0.15, -0.1) is 0 Å². The van der Waals surface area contributed by atoms with Crippen LogP contribution in [0.1, 0.15) is 58.8 Å². The summed E-state index contributed by atoms with van der Waals surface area (Å²) >= 11 is 0. The zero-order valence-electron chi connectivity index (χ0n) is 13.4. The van der Waals surface area contributed by atoms with Crippen molar-refractivity contribution in [3.8, 4) is 0 Å². The Hall–Kier alpha value is -0.870. The molecular weight excluding hydrogens is 256 g/mol. The topological polar surface area (TPSA) is 44.8 Å². The number of carbonyl (C=O) groups excluding carboxylic acids is 1. The van der Waals surface area contributed by atoms with E-state index < -0.39 is 0 Å². The molecule has 4 nitrogen and oxygen atoms in total. The lowest BCUT2D eigenvalue weighted by atomic mass is 10.1. The Morgan fingerprint density at radius 2 is 1.65 bits per heavy atom. The van der Waals surface area contributed by atoms with Crippen LogP contribution in [0.3, 0.4) is 0 Å². The Bertz CT molecular complexity index is 270. The summed E-state index contributed by atoms with van der Waals surface area (Å²) in [4.78, 5) is 11.6. The number of carbonyl (C=O) groups is 1. The van der Waals surface area contributed by atoms with Crippen LogP contribution >= 0.6 is 0 Å². The molecule has 0 saturated heterocycles. The maximum Gasteiger partial charge on any atom is 0.330 e. The Morgan fingerprint density at radius 1 is 1.05 bits per heavy atom. The van der Waals surface area contributed by atoms with Crippen molar-refractivity contribution < 1.29 is 19.0 Å². The minimum atomic E-state index is -0.308. The van der Waals surface area contributed by atoms with E-state index in [-0.39, 0.29) is 12.3 Å². The second kappa shape index (κ2) is 13.1. The van der Waals surface area contributed by atoms with E-state index in [0.717, 1.165) is 18.4 Å². The smallest absolute Gasteiger partial charge is 0.330 e. The van der Waals surface area contributed by atoms with Gasteiger partial charge in [0.05, 0.1) is 6.61 Å². The molecule has 0 aliphatic heterocycles. The molecule has 0 aliphatic rings. The van der Waals surface area contributed by atoms with Gasteiger partial charge in [-0.1, -0.05) is 44.6 Å². The van der Waals surface area contributed by atoms with Gasteiger partial charge in [-0.2, -0.15) is 0 Å². The first kappa shape index (κ1) is 19.1. The molecule has 0 aromatic rings. The molecule has 0 aromatic carbocycles. The number of hydrogen-bond acceptors (Lipinski definition) is 4. The molecule has 118 valence electrons. The van der Waals surface area contributed by atoms with Crippen LogP contribution in [0.15, 0.2) is 11.6 Å². The predicted molar refractivity (Wildman–Crippen MR) is 80.5 cm³/mol. The molecule has 0 amide bonds. The highest BCUT2D eigenvalue weighted by Gasteiger charge is 2.07. The second-order valence-electron chi connectivity index (χ2n) is 5.03. The van der Waals surface area contributed by atoms with Gasteiger partial charge in [-0.25, -0.2) is 4.79 Å². The zero-order chi connectivity index (χ0) is 15.2. The summed E-state index contributed by atoms with van der Waals surface area (Å²) in [6, 6.07) is 0. The van der Waals surface area contributed by atoms with Crippen molar-refractivity contribution >= 4 is 5.97 Å². The fraction of sp³-hybridized carbons (Fsp3) is 0.812. The highest BCUT2D eigenvalue weighted by Crippen LogP contribution is 2.09. The van der Waals surface area contributed by atoms with Gasteiger partial charge in [0, 0.05) is 26.7 Å². The maximum atomic E-state index is 11.6. The molecule has 0 rings (SSSR count). The van der Waals surface area contributed by atoms with Crippen LogP contribution in [0.25, 0.3) is 0 Å². The number of rotatable bonds is 12. The fourth-order valence-electron chi connectivity index (χ4n) is 1.88. The van der Waals surface area contributed by atoms with Gasteiger partial charge in [0.1, 0.15) is 0 Å². The molecular formula is C16H30O4. The van der Waals surface area contributed by atoms with Gasteiger partial charge >= 0.3 is 5.97 Å². The summed E-state index contributed by atoms with van der Waals surface area (Å²) < 4.78 is 15.3. The van der Waals surface area contributed by atoms with Crippen molar-refractivity contribution in [2.45, 2.75) is 65.1 Å². The quantitative estimate of drug-likeness (QED) is 0.237. The normalized spacial score (nSPS) is 11.9. The summed E-state index contributed by atoms with van der Waals surface area (Å²) in [6.07, 6.45) is 8.90. The fourth-order valence-corrected chi connectivity index (χ4v) is 1.88. The molecule has 20 heavy (non-hydrogen) atoms. The molecule has 0 bridgehead atoms. The van der Waals surface area contributed by atoms with Crippen molar-refractivity contribution in [1.82, 2.24) is 0 Å². The maximum absolute atomic E-state index is 11.6. The van der Waals surface area contributed by atoms with Gasteiger partial charge in [-0.3, -0.25) is 0 Å². The first-order chi connectivity index (χ1) is 9.63. The molecule has 0 N–H and O–H groups in total. The molecule has 0 aliphatic carbocycles. The molecule has 0 aromatic heterocycles. The van der Waals surface area contributed by atoms with Gasteiger partial charge in [0.2, 0.25) is 0 Å². The van der Waals surface area contributed by atoms with E-state index in [1.54, 1.807) is 14.2 Å². The number of esters is 1. The Morgan fingerprint density at radius 3 is 2.25 bits per heavy atom. The number of methoxy groups -OCH3 is 2. The molecule has 0 saturated carbocycles. The van der Waals surface area contributed by atoms with Crippen LogP contribution in [0.4, 0.5) is 0 Å². The molecule has 4 heteroatoms. The Kier molecular flexibility index (Phi) is 12.6. The van der Waals surface area contributed by atoms with Crippen LogP contribution in [0.2, 0.25) is 0 Å². The standard InChI is InChI=1S/C16H30O4/c1-5-6-7-8-9-10-11-20-15(17)12-14(2)13-16(18-3)19-4/h12,16H,5-11,13H2,1-4H3/b14-12+. The molecule has 0 unspecified atom stereocenters. The monoisotopic (exact) mass is 286 g/mol. The summed E-state index contributed by atoms with van der Waals surface area (Å²) in [7, 11) is 3.16. The molecule has 0 heterocycles. The van der Waals surface area contributed by atoms with Crippen LogP contribution in [-0.2, 0) is 19.0 Å². The average molecular weight is 286 g/mol. The van der Waals surface area contributed by atoms with Gasteiger partial charge in [0.25, 0.3) is 0 Å². The van der Waals surface area contributed by atoms with Crippen molar-refractivity contribution in [2.75, 3.05) is 20.8 Å². The molecule has 0 radical (unpaired) electrons. The van der Waals surface area contributed by atoms with E-state index in [1.165, 1.54) is 31.8 Å². The van der Waals surface area contributed by atoms with Crippen molar-refractivity contribution in [3.05, 3.63) is 11.6 Å². The zero-order valence-corrected chi connectivity index (χ0v) is 13.4. The van der Waals surface area contributed by atoms with Crippen LogP contribution < -0.4 is 0 Å². The molecule has 0 spiro atoms. The molecule has 0 atom stereocenters. The minimum Gasteiger partial charge on any atom is -0.463 e. The summed E-state index contributed by atoms with van der Waals surface area (Å²) in [5, 5.41) is 0. The van der Waals surface area contributed by atoms with Crippen molar-refractivity contribution in [3.63, 3.8) is 0 Å². The predicted octanol–water partition coefficient (Wildman–Crippen LogP) is 3.85. The van der Waals surface area contributed by atoms with E-state index in [4.69, 9.17) is 14.2 Å². The van der Waals surface area contributed by atoms with Gasteiger partial charge < -0.3 is 14.2 Å². The van der Waals surface area contributed by atoms with Crippen LogP contribution in [0.5, 0.6) is 0 Å². The summed E-state index contributed by atoms with van der Waals surface area (Å²) in [6.45, 7) is 4.58. The average Bonchev–Trinajstić information content (AvgIpc) is 2.43. The van der Waals surface area contributed by atoms with Crippen LogP contribution in [0, 0.1) is 0 Å². The summed E-state index contributed by atoms with van der Waals surface area (Å²) in [5.74, 6) is -0.276. The van der Waals surface area contributed by atoms with Crippen molar-refractivity contribution in [1.29, 1.82) is 0 Å². The first-order valence-electron chi connectivity index (χ1n) is 7.53. The summed E-state index contributed by atoms with van der Waals surface area (Å²) in [5.41, 5.74) is 0.895. The van der Waals surface area contributed by atoms with Gasteiger partial charge in [-0.05, 0) is 13.3 Å². The lowest BCUT2D eigenvalue weighted by molar-refractivity contribution is -0.138. The van der Waals surface area contributed by atoms with E-state index >= 15 is 0 Å². The highest BCUT2D eigenvalue weighted by molar-refractivity contribution is 5.82. The lowest BCUT2D eigenvalue weighted by Crippen LogP contribution is -2.13. The number of unbranched alkanes of at least 4 members (excludes halogenated alkanes) is 5. The van der Waals surface area contributed by atoms with E-state index in [2.05, 4.69) is 6.92 Å². The third-order valence-electron chi connectivity index (χ3n) is 3.12. The van der Waals surface area contributed by atoms with Gasteiger partial charge in [0.15, 0.2) is 6.29 Å². The Labute approximate surface area is 123 Å². The van der Waals surface area contributed by atoms with E-state index in [9.17, 15) is 4.79 Å². The van der Waals surface area contributed by atoms with E-state index in [0.29, 0.717) is 13.0 Å². The highest BCUT2D eigenvalue weighted by atomic mass is 16.7. The SMILES string of the molecule is CCCCCCCCOC(=O)/C=C(\C)CC(OC)OC. The minimum absolute atomic E-state index is 0.276. The van der Waals surface area contributed by atoms with E-state index in [1.807, 2.05) is 6.92 Å². The second-order valence-corrected chi connectivity index (χ2v) is 5.03. The Balaban J connectivity index is 3.70. The first-order valence-corrected chi connectivity index (χ1v) is 7.53. The van der Waals surface area contributed by atoms with Crippen molar-refractivity contribution in [2.24, 2.45) is 0 Å².